The van der Waals surface area contributed by atoms with E-state index in [-0.39, 0.29) is 18.4 Å². The van der Waals surface area contributed by atoms with Crippen LogP contribution in [0.5, 0.6) is 0 Å². The number of rotatable bonds is 3. The number of nitrogens with one attached hydrogen (secondary N) is 1. The van der Waals surface area contributed by atoms with Crippen molar-refractivity contribution >= 4 is 11.7 Å². The number of carbonyl (C=O) groups is 1. The third-order valence-electron chi connectivity index (χ3n) is 1.21. The quantitative estimate of drug-likeness (QED) is 0.684. The van der Waals surface area contributed by atoms with Crippen molar-refractivity contribution in [1.29, 1.82) is 0 Å². The summed E-state index contributed by atoms with van der Waals surface area (Å²) in [5, 5.41) is 6.05. The van der Waals surface area contributed by atoms with Crippen molar-refractivity contribution in [2.45, 2.75) is 19.4 Å². The molecule has 0 spiro atoms. The Hall–Kier alpha value is -1.36. The van der Waals surface area contributed by atoms with Gasteiger partial charge in [-0.2, -0.15) is 0 Å². The molecule has 0 radical (unpaired) electrons. The number of anilines is 1. The van der Waals surface area contributed by atoms with Gasteiger partial charge in [-0.25, -0.2) is 0 Å². The van der Waals surface area contributed by atoms with Gasteiger partial charge in [0, 0.05) is 18.5 Å². The Kier molecular flexibility index (Phi) is 2.82. The van der Waals surface area contributed by atoms with Crippen LogP contribution in [0.3, 0.4) is 0 Å². The summed E-state index contributed by atoms with van der Waals surface area (Å²) < 4.78 is 4.52. The normalized spacial score (nSPS) is 12.5. The molecular formula is C7H11N3O2. The Balaban J connectivity index is 2.37. The van der Waals surface area contributed by atoms with Crippen molar-refractivity contribution < 1.29 is 9.32 Å². The molecule has 66 valence electrons. The molecule has 0 saturated heterocycles. The van der Waals surface area contributed by atoms with Gasteiger partial charge >= 0.3 is 0 Å². The van der Waals surface area contributed by atoms with E-state index in [0.717, 1.165) is 0 Å². The van der Waals surface area contributed by atoms with E-state index in [1.807, 2.05) is 0 Å². The van der Waals surface area contributed by atoms with Crippen LogP contribution >= 0.6 is 0 Å². The van der Waals surface area contributed by atoms with Crippen LogP contribution in [0.1, 0.15) is 13.3 Å². The lowest BCUT2D eigenvalue weighted by molar-refractivity contribution is -0.116. The molecule has 1 rings (SSSR count). The maximum atomic E-state index is 11.0. The molecule has 0 bridgehead atoms. The minimum Gasteiger partial charge on any atom is -0.363 e. The minimum absolute atomic E-state index is 0.142. The van der Waals surface area contributed by atoms with Crippen LogP contribution in [0.15, 0.2) is 16.9 Å². The molecular weight excluding hydrogens is 158 g/mol. The van der Waals surface area contributed by atoms with Crippen molar-refractivity contribution in [2.75, 3.05) is 5.32 Å². The molecule has 5 heteroatoms. The third-order valence-corrected chi connectivity index (χ3v) is 1.21. The highest BCUT2D eigenvalue weighted by atomic mass is 16.5. The van der Waals surface area contributed by atoms with Gasteiger partial charge in [0.05, 0.1) is 0 Å². The fourth-order valence-corrected chi connectivity index (χ4v) is 0.763. The van der Waals surface area contributed by atoms with E-state index in [4.69, 9.17) is 5.73 Å². The minimum atomic E-state index is -0.154. The smallest absolute Gasteiger partial charge is 0.227 e. The summed E-state index contributed by atoms with van der Waals surface area (Å²) in [6.07, 6.45) is 1.67. The first kappa shape index (κ1) is 8.73. The van der Waals surface area contributed by atoms with Crippen molar-refractivity contribution in [3.8, 4) is 0 Å². The summed E-state index contributed by atoms with van der Waals surface area (Å²) in [5.41, 5.74) is 5.42. The Morgan fingerprint density at radius 2 is 2.67 bits per heavy atom. The Morgan fingerprint density at radius 1 is 1.92 bits per heavy atom. The number of nitrogens with zero attached hydrogens (tertiary/aromatic N) is 1. The van der Waals surface area contributed by atoms with Crippen LogP contribution in [-0.4, -0.2) is 17.1 Å². The van der Waals surface area contributed by atoms with Crippen LogP contribution in [0, 0.1) is 0 Å². The van der Waals surface area contributed by atoms with E-state index in [9.17, 15) is 4.79 Å². The molecule has 0 aliphatic heterocycles. The predicted octanol–water partition coefficient (Wildman–Crippen LogP) is 0.350. The highest BCUT2D eigenvalue weighted by Gasteiger charge is 2.06. The number of hydrogen-bond acceptors (Lipinski definition) is 4. The monoisotopic (exact) mass is 169 g/mol. The average Bonchev–Trinajstić information content (AvgIpc) is 2.37. The Bertz CT molecular complexity index is 243. The maximum absolute atomic E-state index is 11.0. The topological polar surface area (TPSA) is 81.2 Å². The van der Waals surface area contributed by atoms with Crippen molar-refractivity contribution in [2.24, 2.45) is 5.73 Å². The number of carbonyl (C=O) groups excluding carboxylic acids is 1. The van der Waals surface area contributed by atoms with Crippen LogP contribution in [0.25, 0.3) is 0 Å². The lowest BCUT2D eigenvalue weighted by Crippen LogP contribution is -2.24. The van der Waals surface area contributed by atoms with Crippen molar-refractivity contribution in [3.05, 3.63) is 12.3 Å². The summed E-state index contributed by atoms with van der Waals surface area (Å²) >= 11 is 0. The number of nitrogens with two attached hydrogens (primary N) is 1. The summed E-state index contributed by atoms with van der Waals surface area (Å²) in [7, 11) is 0. The highest BCUT2D eigenvalue weighted by Crippen LogP contribution is 2.01. The van der Waals surface area contributed by atoms with E-state index < -0.39 is 0 Å². The molecule has 0 aliphatic carbocycles. The molecule has 1 amide bonds. The van der Waals surface area contributed by atoms with Crippen LogP contribution < -0.4 is 11.1 Å². The molecule has 0 aromatic carbocycles. The lowest BCUT2D eigenvalue weighted by atomic mass is 10.2. The van der Waals surface area contributed by atoms with Gasteiger partial charge in [-0.1, -0.05) is 5.16 Å². The average molecular weight is 169 g/mol. The van der Waals surface area contributed by atoms with Crippen molar-refractivity contribution in [1.82, 2.24) is 5.16 Å². The predicted molar refractivity (Wildman–Crippen MR) is 43.4 cm³/mol. The first-order valence-electron chi connectivity index (χ1n) is 3.64. The molecule has 1 heterocycles. The molecule has 5 nitrogen and oxygen atoms in total. The zero-order valence-corrected chi connectivity index (χ0v) is 6.78. The second-order valence-corrected chi connectivity index (χ2v) is 2.61. The second-order valence-electron chi connectivity index (χ2n) is 2.61. The SMILES string of the molecule is CC(N)CC(=O)Nc1ccon1. The summed E-state index contributed by atoms with van der Waals surface area (Å²) in [6.45, 7) is 1.77. The number of amides is 1. The highest BCUT2D eigenvalue weighted by molar-refractivity contribution is 5.89. The standard InChI is InChI=1S/C7H11N3O2/c1-5(8)4-7(11)9-6-2-3-12-10-6/h2-3,5H,4,8H2,1H3,(H,9,10,11). The molecule has 3 N–H and O–H groups in total. The largest absolute Gasteiger partial charge is 0.363 e. The van der Waals surface area contributed by atoms with E-state index >= 15 is 0 Å². The molecule has 0 saturated carbocycles. The maximum Gasteiger partial charge on any atom is 0.227 e. The van der Waals surface area contributed by atoms with E-state index in [2.05, 4.69) is 15.0 Å². The van der Waals surface area contributed by atoms with Crippen LogP contribution in [0.4, 0.5) is 5.82 Å². The second kappa shape index (κ2) is 3.87. The van der Waals surface area contributed by atoms with Gasteiger partial charge in [-0.15, -0.1) is 0 Å². The van der Waals surface area contributed by atoms with E-state index in [0.29, 0.717) is 5.82 Å². The molecule has 1 aromatic heterocycles. The van der Waals surface area contributed by atoms with Gasteiger partial charge in [0.25, 0.3) is 0 Å². The molecule has 1 atom stereocenters. The van der Waals surface area contributed by atoms with Crippen molar-refractivity contribution in [3.63, 3.8) is 0 Å². The lowest BCUT2D eigenvalue weighted by Gasteiger charge is -2.03. The van der Waals surface area contributed by atoms with Crippen LogP contribution in [-0.2, 0) is 4.79 Å². The van der Waals surface area contributed by atoms with Crippen LogP contribution in [0.2, 0.25) is 0 Å². The molecule has 1 aromatic rings. The zero-order valence-electron chi connectivity index (χ0n) is 6.78. The Labute approximate surface area is 69.9 Å². The summed E-state index contributed by atoms with van der Waals surface area (Å²) in [6, 6.07) is 1.43. The van der Waals surface area contributed by atoms with E-state index in [1.165, 1.54) is 6.26 Å². The van der Waals surface area contributed by atoms with Gasteiger partial charge in [0.1, 0.15) is 6.26 Å². The molecule has 0 aliphatic rings. The van der Waals surface area contributed by atoms with Gasteiger partial charge < -0.3 is 15.6 Å². The molecule has 0 fully saturated rings. The molecule has 1 unspecified atom stereocenters. The zero-order chi connectivity index (χ0) is 8.97. The first-order chi connectivity index (χ1) is 5.68. The van der Waals surface area contributed by atoms with Gasteiger partial charge in [-0.3, -0.25) is 4.79 Å². The summed E-state index contributed by atoms with van der Waals surface area (Å²) in [5.74, 6) is 0.263. The fraction of sp³-hybridized carbons (Fsp3) is 0.429. The summed E-state index contributed by atoms with van der Waals surface area (Å²) in [4.78, 5) is 11.0. The number of hydrogen-bond donors (Lipinski definition) is 2. The van der Waals surface area contributed by atoms with E-state index in [1.54, 1.807) is 13.0 Å². The third kappa shape index (κ3) is 2.71. The fourth-order valence-electron chi connectivity index (χ4n) is 0.763. The van der Waals surface area contributed by atoms with Gasteiger partial charge in [-0.05, 0) is 6.92 Å². The Morgan fingerprint density at radius 3 is 3.17 bits per heavy atom. The molecule has 12 heavy (non-hydrogen) atoms. The first-order valence-corrected chi connectivity index (χ1v) is 3.64. The number of aromatic nitrogens is 1. The van der Waals surface area contributed by atoms with Gasteiger partial charge in [0.2, 0.25) is 5.91 Å². The van der Waals surface area contributed by atoms with Gasteiger partial charge in [0.15, 0.2) is 5.82 Å².